The quantitative estimate of drug-likeness (QED) is 0.547. The lowest BCUT2D eigenvalue weighted by Gasteiger charge is -2.17. The van der Waals surface area contributed by atoms with Crippen molar-refractivity contribution in [3.8, 4) is 17.2 Å². The molecule has 1 aliphatic heterocycles. The Balaban J connectivity index is 1.40. The molecule has 1 atom stereocenters. The Morgan fingerprint density at radius 1 is 1.12 bits per heavy atom. The van der Waals surface area contributed by atoms with Crippen LogP contribution in [0.4, 0.5) is 5.69 Å². The number of benzene rings is 2. The molecule has 1 aliphatic rings. The molecule has 33 heavy (non-hydrogen) atoms. The minimum Gasteiger partial charge on any atom is -0.493 e. The first-order valence-corrected chi connectivity index (χ1v) is 10.9. The van der Waals surface area contributed by atoms with Gasteiger partial charge in [-0.15, -0.1) is 0 Å². The van der Waals surface area contributed by atoms with Gasteiger partial charge in [-0.3, -0.25) is 9.59 Å². The van der Waals surface area contributed by atoms with Crippen LogP contribution in [0, 0.1) is 12.8 Å². The van der Waals surface area contributed by atoms with Crippen LogP contribution in [0.25, 0.3) is 10.9 Å². The fraction of sp³-hybridized carbons (Fsp3) is 0.360. The number of fused-ring (bicyclic) bond motifs is 1. The number of carbonyl (C=O) groups is 2. The number of amides is 2. The third-order valence-electron chi connectivity index (χ3n) is 6.09. The lowest BCUT2D eigenvalue weighted by Crippen LogP contribution is -2.30. The first-order chi connectivity index (χ1) is 15.9. The van der Waals surface area contributed by atoms with E-state index in [-0.39, 0.29) is 18.2 Å². The number of aromatic amines is 1. The summed E-state index contributed by atoms with van der Waals surface area (Å²) >= 11 is 0. The van der Waals surface area contributed by atoms with Gasteiger partial charge in [-0.25, -0.2) is 0 Å². The number of nitrogens with one attached hydrogen (secondary N) is 2. The molecular formula is C25H29N3O5. The van der Waals surface area contributed by atoms with Crippen LogP contribution in [0.15, 0.2) is 36.5 Å². The van der Waals surface area contributed by atoms with E-state index in [0.717, 1.165) is 11.9 Å². The summed E-state index contributed by atoms with van der Waals surface area (Å²) in [5, 5.41) is 4.07. The highest BCUT2D eigenvalue weighted by Gasteiger charge is 2.34. The van der Waals surface area contributed by atoms with E-state index in [9.17, 15) is 9.59 Å². The van der Waals surface area contributed by atoms with E-state index in [1.807, 2.05) is 6.20 Å². The van der Waals surface area contributed by atoms with Gasteiger partial charge < -0.3 is 29.4 Å². The van der Waals surface area contributed by atoms with Crippen molar-refractivity contribution < 1.29 is 23.8 Å². The number of methoxy groups -OCH3 is 3. The van der Waals surface area contributed by atoms with E-state index in [4.69, 9.17) is 14.2 Å². The molecule has 1 aromatic heterocycles. The Labute approximate surface area is 192 Å². The van der Waals surface area contributed by atoms with Crippen molar-refractivity contribution in [3.05, 3.63) is 47.7 Å². The number of H-pyrrole nitrogens is 1. The number of carbonyl (C=O) groups excluding carboxylic acids is 2. The lowest BCUT2D eigenvalue weighted by atomic mass is 10.1. The zero-order valence-corrected chi connectivity index (χ0v) is 19.4. The highest BCUT2D eigenvalue weighted by molar-refractivity contribution is 5.97. The Hall–Kier alpha value is -3.68. The fourth-order valence-corrected chi connectivity index (χ4v) is 4.32. The monoisotopic (exact) mass is 451 g/mol. The molecule has 0 spiro atoms. The molecule has 0 bridgehead atoms. The molecule has 8 heteroatoms. The van der Waals surface area contributed by atoms with Crippen molar-refractivity contribution in [1.82, 2.24) is 9.88 Å². The second-order valence-electron chi connectivity index (χ2n) is 8.26. The largest absolute Gasteiger partial charge is 0.493 e. The Kier molecular flexibility index (Phi) is 6.44. The van der Waals surface area contributed by atoms with E-state index in [1.54, 1.807) is 17.0 Å². The number of nitrogens with zero attached hydrogens (tertiary/aromatic N) is 1. The molecule has 8 nitrogen and oxygen atoms in total. The van der Waals surface area contributed by atoms with E-state index < -0.39 is 5.92 Å². The van der Waals surface area contributed by atoms with Crippen LogP contribution in [-0.4, -0.2) is 56.1 Å². The average molecular weight is 452 g/mol. The summed E-state index contributed by atoms with van der Waals surface area (Å²) in [5.74, 6) is 0.726. The number of aromatic nitrogens is 1. The third-order valence-corrected chi connectivity index (χ3v) is 6.09. The molecule has 1 saturated heterocycles. The van der Waals surface area contributed by atoms with Gasteiger partial charge in [-0.1, -0.05) is 11.6 Å². The topological polar surface area (TPSA) is 92.9 Å². The predicted octanol–water partition coefficient (Wildman–Crippen LogP) is 3.53. The van der Waals surface area contributed by atoms with Crippen LogP contribution in [0.3, 0.4) is 0 Å². The fourth-order valence-electron chi connectivity index (χ4n) is 4.32. The summed E-state index contributed by atoms with van der Waals surface area (Å²) in [6.07, 6.45) is 2.93. The maximum Gasteiger partial charge on any atom is 0.229 e. The van der Waals surface area contributed by atoms with Crippen LogP contribution >= 0.6 is 0 Å². The third kappa shape index (κ3) is 4.60. The number of ether oxygens (including phenoxy) is 3. The summed E-state index contributed by atoms with van der Waals surface area (Å²) in [5.41, 5.74) is 3.98. The summed E-state index contributed by atoms with van der Waals surface area (Å²) in [6, 6.07) is 9.64. The molecule has 2 amide bonds. The number of likely N-dealkylation sites (tertiary alicyclic amines) is 1. The average Bonchev–Trinajstić information content (AvgIpc) is 3.39. The molecule has 3 aromatic rings. The molecule has 0 saturated carbocycles. The van der Waals surface area contributed by atoms with Crippen molar-refractivity contribution in [3.63, 3.8) is 0 Å². The molecule has 0 radical (unpaired) electrons. The second kappa shape index (κ2) is 9.44. The number of rotatable bonds is 8. The zero-order valence-electron chi connectivity index (χ0n) is 19.4. The van der Waals surface area contributed by atoms with Crippen molar-refractivity contribution in [2.75, 3.05) is 39.7 Å². The zero-order chi connectivity index (χ0) is 23.5. The first kappa shape index (κ1) is 22.5. The van der Waals surface area contributed by atoms with Crippen LogP contribution in [-0.2, 0) is 16.0 Å². The minimum absolute atomic E-state index is 0.00364. The SMILES string of the molecule is COc1cc(NC(=O)[C@H]2CC(=O)N(CCc3c[nH]c4ccc(C)cc34)C2)cc(OC)c1OC. The van der Waals surface area contributed by atoms with Crippen molar-refractivity contribution in [2.45, 2.75) is 19.8 Å². The summed E-state index contributed by atoms with van der Waals surface area (Å²) < 4.78 is 16.0. The molecule has 0 aliphatic carbocycles. The van der Waals surface area contributed by atoms with E-state index >= 15 is 0 Å². The first-order valence-electron chi connectivity index (χ1n) is 10.9. The highest BCUT2D eigenvalue weighted by Crippen LogP contribution is 2.40. The van der Waals surface area contributed by atoms with Gasteiger partial charge in [0.2, 0.25) is 17.6 Å². The van der Waals surface area contributed by atoms with E-state index in [2.05, 4.69) is 35.4 Å². The van der Waals surface area contributed by atoms with Gasteiger partial charge >= 0.3 is 0 Å². The van der Waals surface area contributed by atoms with Crippen molar-refractivity contribution in [1.29, 1.82) is 0 Å². The van der Waals surface area contributed by atoms with Gasteiger partial charge in [-0.05, 0) is 31.0 Å². The molecule has 4 rings (SSSR count). The molecule has 2 N–H and O–H groups in total. The Morgan fingerprint density at radius 3 is 2.52 bits per heavy atom. The number of aryl methyl sites for hydroxylation is 1. The summed E-state index contributed by atoms with van der Waals surface area (Å²) in [7, 11) is 4.56. The standard InChI is InChI=1S/C25H29N3O5/c1-15-5-6-20-19(9-15)16(13-26-20)7-8-28-14-17(10-23(28)29)25(30)27-18-11-21(31-2)24(33-4)22(12-18)32-3/h5-6,9,11-13,17,26H,7-8,10,14H2,1-4H3,(H,27,30)/t17-/m0/s1. The number of anilines is 1. The number of hydrogen-bond donors (Lipinski definition) is 2. The van der Waals surface area contributed by atoms with Gasteiger partial charge in [0.15, 0.2) is 11.5 Å². The van der Waals surface area contributed by atoms with Gasteiger partial charge in [0, 0.05) is 54.4 Å². The highest BCUT2D eigenvalue weighted by atomic mass is 16.5. The maximum absolute atomic E-state index is 12.9. The predicted molar refractivity (Wildman–Crippen MR) is 126 cm³/mol. The van der Waals surface area contributed by atoms with E-state index in [1.165, 1.54) is 37.8 Å². The van der Waals surface area contributed by atoms with Crippen LogP contribution in [0.5, 0.6) is 17.2 Å². The van der Waals surface area contributed by atoms with Crippen molar-refractivity contribution >= 4 is 28.4 Å². The summed E-state index contributed by atoms with van der Waals surface area (Å²) in [4.78, 5) is 30.5. The van der Waals surface area contributed by atoms with E-state index in [0.29, 0.717) is 36.0 Å². The van der Waals surface area contributed by atoms with Crippen LogP contribution < -0.4 is 19.5 Å². The molecular weight excluding hydrogens is 422 g/mol. The summed E-state index contributed by atoms with van der Waals surface area (Å²) in [6.45, 7) is 3.04. The molecule has 2 aromatic carbocycles. The Bertz CT molecular complexity index is 1160. The maximum atomic E-state index is 12.9. The normalized spacial score (nSPS) is 15.7. The van der Waals surface area contributed by atoms with Gasteiger partial charge in [0.1, 0.15) is 0 Å². The van der Waals surface area contributed by atoms with Crippen molar-refractivity contribution in [2.24, 2.45) is 5.92 Å². The van der Waals surface area contributed by atoms with Gasteiger partial charge in [0.05, 0.1) is 27.2 Å². The smallest absolute Gasteiger partial charge is 0.229 e. The minimum atomic E-state index is -0.415. The molecule has 0 unspecified atom stereocenters. The molecule has 1 fully saturated rings. The van der Waals surface area contributed by atoms with Gasteiger partial charge in [0.25, 0.3) is 0 Å². The van der Waals surface area contributed by atoms with Crippen LogP contribution in [0.2, 0.25) is 0 Å². The molecule has 2 heterocycles. The molecule has 174 valence electrons. The number of hydrogen-bond acceptors (Lipinski definition) is 5. The van der Waals surface area contributed by atoms with Crippen LogP contribution in [0.1, 0.15) is 17.5 Å². The lowest BCUT2D eigenvalue weighted by molar-refractivity contribution is -0.128. The Morgan fingerprint density at radius 2 is 1.85 bits per heavy atom. The second-order valence-corrected chi connectivity index (χ2v) is 8.26. The van der Waals surface area contributed by atoms with Gasteiger partial charge in [-0.2, -0.15) is 0 Å².